The van der Waals surface area contributed by atoms with E-state index in [2.05, 4.69) is 10.6 Å². The Morgan fingerprint density at radius 2 is 2.50 bits per heavy atom. The van der Waals surface area contributed by atoms with Gasteiger partial charge < -0.3 is 15.4 Å². The number of carbonyl (C=O) groups is 1. The third kappa shape index (κ3) is 3.64. The van der Waals surface area contributed by atoms with Gasteiger partial charge in [-0.05, 0) is 32.7 Å². The molecule has 1 saturated heterocycles. The van der Waals surface area contributed by atoms with Crippen LogP contribution in [-0.2, 0) is 9.53 Å². The van der Waals surface area contributed by atoms with Gasteiger partial charge in [0, 0.05) is 19.8 Å². The highest BCUT2D eigenvalue weighted by Gasteiger charge is 2.22. The molecule has 14 heavy (non-hydrogen) atoms. The molecule has 1 heterocycles. The molecule has 0 aromatic carbocycles. The number of ether oxygens (including phenoxy) is 1. The fourth-order valence-electron chi connectivity index (χ4n) is 1.62. The van der Waals surface area contributed by atoms with Crippen LogP contribution in [0.5, 0.6) is 0 Å². The standard InChI is InChI=1S/C10H20N2O2/c1-8(5-7-14-2)12-10(13)9-4-3-6-11-9/h8-9,11H,3-7H2,1-2H3,(H,12,13). The minimum Gasteiger partial charge on any atom is -0.385 e. The van der Waals surface area contributed by atoms with Gasteiger partial charge in [-0.3, -0.25) is 4.79 Å². The topological polar surface area (TPSA) is 50.4 Å². The molecule has 0 aromatic heterocycles. The van der Waals surface area contributed by atoms with Crippen molar-refractivity contribution in [2.75, 3.05) is 20.3 Å². The van der Waals surface area contributed by atoms with Crippen LogP contribution in [0.1, 0.15) is 26.2 Å². The molecule has 0 saturated carbocycles. The molecule has 0 aliphatic carbocycles. The van der Waals surface area contributed by atoms with E-state index in [-0.39, 0.29) is 18.0 Å². The fourth-order valence-corrected chi connectivity index (χ4v) is 1.62. The van der Waals surface area contributed by atoms with Crippen LogP contribution in [0.25, 0.3) is 0 Å². The molecule has 1 amide bonds. The zero-order valence-electron chi connectivity index (χ0n) is 9.01. The summed E-state index contributed by atoms with van der Waals surface area (Å²) in [5.74, 6) is 0.131. The average molecular weight is 200 g/mol. The fraction of sp³-hybridized carbons (Fsp3) is 0.900. The largest absolute Gasteiger partial charge is 0.385 e. The third-order valence-electron chi connectivity index (χ3n) is 2.52. The Kier molecular flexibility index (Phi) is 4.90. The SMILES string of the molecule is COCCC(C)NC(=O)C1CCCN1. The lowest BCUT2D eigenvalue weighted by atomic mass is 10.2. The zero-order chi connectivity index (χ0) is 10.4. The predicted octanol–water partition coefficient (Wildman–Crippen LogP) is 0.280. The average Bonchev–Trinajstić information content (AvgIpc) is 2.67. The van der Waals surface area contributed by atoms with Gasteiger partial charge in [-0.1, -0.05) is 0 Å². The van der Waals surface area contributed by atoms with E-state index in [0.29, 0.717) is 6.61 Å². The van der Waals surface area contributed by atoms with Crippen molar-refractivity contribution in [2.45, 2.75) is 38.3 Å². The van der Waals surface area contributed by atoms with Crippen LogP contribution in [-0.4, -0.2) is 38.3 Å². The van der Waals surface area contributed by atoms with Crippen molar-refractivity contribution in [3.63, 3.8) is 0 Å². The molecule has 1 rings (SSSR count). The van der Waals surface area contributed by atoms with Crippen LogP contribution in [0, 0.1) is 0 Å². The van der Waals surface area contributed by atoms with Crippen molar-refractivity contribution in [1.82, 2.24) is 10.6 Å². The van der Waals surface area contributed by atoms with Crippen molar-refractivity contribution in [1.29, 1.82) is 0 Å². The number of amides is 1. The summed E-state index contributed by atoms with van der Waals surface area (Å²) >= 11 is 0. The number of methoxy groups -OCH3 is 1. The number of hydrogen-bond donors (Lipinski definition) is 2. The van der Waals surface area contributed by atoms with Gasteiger partial charge in [0.25, 0.3) is 0 Å². The van der Waals surface area contributed by atoms with Crippen LogP contribution >= 0.6 is 0 Å². The van der Waals surface area contributed by atoms with Gasteiger partial charge in [0.1, 0.15) is 0 Å². The minimum absolute atomic E-state index is 0.0278. The summed E-state index contributed by atoms with van der Waals surface area (Å²) in [7, 11) is 1.67. The summed E-state index contributed by atoms with van der Waals surface area (Å²) in [6.45, 7) is 3.66. The Morgan fingerprint density at radius 1 is 1.71 bits per heavy atom. The quantitative estimate of drug-likeness (QED) is 0.670. The van der Waals surface area contributed by atoms with Crippen molar-refractivity contribution >= 4 is 5.91 Å². The number of rotatable bonds is 5. The molecule has 4 heteroatoms. The van der Waals surface area contributed by atoms with Crippen LogP contribution in [0.4, 0.5) is 0 Å². The van der Waals surface area contributed by atoms with Crippen molar-refractivity contribution in [3.05, 3.63) is 0 Å². The smallest absolute Gasteiger partial charge is 0.237 e. The lowest BCUT2D eigenvalue weighted by Crippen LogP contribution is -2.44. The van der Waals surface area contributed by atoms with Gasteiger partial charge in [0.2, 0.25) is 5.91 Å². The monoisotopic (exact) mass is 200 g/mol. The number of hydrogen-bond acceptors (Lipinski definition) is 3. The number of nitrogens with one attached hydrogen (secondary N) is 2. The van der Waals surface area contributed by atoms with Gasteiger partial charge >= 0.3 is 0 Å². The maximum Gasteiger partial charge on any atom is 0.237 e. The highest BCUT2D eigenvalue weighted by Crippen LogP contribution is 2.05. The second-order valence-electron chi connectivity index (χ2n) is 3.84. The lowest BCUT2D eigenvalue weighted by molar-refractivity contribution is -0.123. The Morgan fingerprint density at radius 3 is 3.07 bits per heavy atom. The van der Waals surface area contributed by atoms with E-state index in [4.69, 9.17) is 4.74 Å². The summed E-state index contributed by atoms with van der Waals surface area (Å²) in [4.78, 5) is 11.6. The Balaban J connectivity index is 2.18. The molecule has 82 valence electrons. The molecule has 2 atom stereocenters. The molecule has 0 bridgehead atoms. The predicted molar refractivity (Wildman–Crippen MR) is 55.1 cm³/mol. The van der Waals surface area contributed by atoms with E-state index in [9.17, 15) is 4.79 Å². The molecule has 2 unspecified atom stereocenters. The van der Waals surface area contributed by atoms with E-state index in [1.54, 1.807) is 7.11 Å². The van der Waals surface area contributed by atoms with Crippen molar-refractivity contribution < 1.29 is 9.53 Å². The van der Waals surface area contributed by atoms with Crippen LogP contribution in [0.2, 0.25) is 0 Å². The van der Waals surface area contributed by atoms with Gasteiger partial charge in [0.15, 0.2) is 0 Å². The molecule has 0 spiro atoms. The highest BCUT2D eigenvalue weighted by molar-refractivity contribution is 5.82. The molecular formula is C10H20N2O2. The van der Waals surface area contributed by atoms with Gasteiger partial charge in [-0.15, -0.1) is 0 Å². The van der Waals surface area contributed by atoms with E-state index in [1.165, 1.54) is 0 Å². The van der Waals surface area contributed by atoms with Gasteiger partial charge in [-0.25, -0.2) is 0 Å². The third-order valence-corrected chi connectivity index (χ3v) is 2.52. The summed E-state index contributed by atoms with van der Waals surface area (Å²) in [5.41, 5.74) is 0. The Bertz CT molecular complexity index is 179. The van der Waals surface area contributed by atoms with Crippen LogP contribution < -0.4 is 10.6 Å². The lowest BCUT2D eigenvalue weighted by Gasteiger charge is -2.16. The molecule has 0 radical (unpaired) electrons. The molecule has 2 N–H and O–H groups in total. The van der Waals surface area contributed by atoms with E-state index >= 15 is 0 Å². The number of carbonyl (C=O) groups excluding carboxylic acids is 1. The summed E-state index contributed by atoms with van der Waals surface area (Å²) < 4.78 is 4.95. The Labute approximate surface area is 85.4 Å². The second-order valence-corrected chi connectivity index (χ2v) is 3.84. The normalized spacial score (nSPS) is 23.4. The highest BCUT2D eigenvalue weighted by atomic mass is 16.5. The zero-order valence-corrected chi connectivity index (χ0v) is 9.01. The van der Waals surface area contributed by atoms with Crippen molar-refractivity contribution in [3.8, 4) is 0 Å². The first kappa shape index (κ1) is 11.5. The molecule has 1 fully saturated rings. The molecule has 0 aromatic rings. The Hall–Kier alpha value is -0.610. The molecular weight excluding hydrogens is 180 g/mol. The van der Waals surface area contributed by atoms with Crippen LogP contribution in [0.15, 0.2) is 0 Å². The molecule has 1 aliphatic rings. The van der Waals surface area contributed by atoms with E-state index in [0.717, 1.165) is 25.8 Å². The second kappa shape index (κ2) is 5.98. The molecule has 1 aliphatic heterocycles. The minimum atomic E-state index is 0.0278. The molecule has 4 nitrogen and oxygen atoms in total. The van der Waals surface area contributed by atoms with Crippen molar-refractivity contribution in [2.24, 2.45) is 0 Å². The van der Waals surface area contributed by atoms with Crippen LogP contribution in [0.3, 0.4) is 0 Å². The van der Waals surface area contributed by atoms with Gasteiger partial charge in [-0.2, -0.15) is 0 Å². The first-order valence-corrected chi connectivity index (χ1v) is 5.26. The first-order chi connectivity index (χ1) is 6.74. The van der Waals surface area contributed by atoms with Gasteiger partial charge in [0.05, 0.1) is 6.04 Å². The van der Waals surface area contributed by atoms with E-state index < -0.39 is 0 Å². The van der Waals surface area contributed by atoms with E-state index in [1.807, 2.05) is 6.92 Å². The first-order valence-electron chi connectivity index (χ1n) is 5.26. The summed E-state index contributed by atoms with van der Waals surface area (Å²) in [6.07, 6.45) is 2.93. The maximum absolute atomic E-state index is 11.6. The summed E-state index contributed by atoms with van der Waals surface area (Å²) in [5, 5.41) is 6.15. The summed E-state index contributed by atoms with van der Waals surface area (Å²) in [6, 6.07) is 0.227. The maximum atomic E-state index is 11.6.